The molecule has 0 saturated heterocycles. The van der Waals surface area contributed by atoms with Gasteiger partial charge < -0.3 is 15.7 Å². The molecule has 0 heterocycles. The zero-order valence-electron chi connectivity index (χ0n) is 26.7. The van der Waals surface area contributed by atoms with Crippen LogP contribution >= 0.6 is 0 Å². The lowest BCUT2D eigenvalue weighted by Gasteiger charge is -2.68. The molecule has 8 unspecified atom stereocenters. The molecule has 5 nitrogen and oxygen atoms in total. The van der Waals surface area contributed by atoms with Gasteiger partial charge in [-0.1, -0.05) is 59.2 Å². The molecule has 0 bridgehead atoms. The molecule has 4 saturated carbocycles. The number of nitrogens with one attached hydrogen (secondary N) is 2. The first-order chi connectivity index (χ1) is 20.0. The topological polar surface area (TPSA) is 78.4 Å². The largest absolute Gasteiger partial charge is 0.478 e. The molecule has 5 heteroatoms. The fourth-order valence-corrected chi connectivity index (χ4v) is 12.1. The van der Waals surface area contributed by atoms with Gasteiger partial charge in [-0.05, 0) is 133 Å². The minimum atomic E-state index is -0.865. The molecule has 3 N–H and O–H groups in total. The second kappa shape index (κ2) is 10.8. The lowest BCUT2D eigenvalue weighted by molar-refractivity contribution is -0.181. The van der Waals surface area contributed by atoms with E-state index in [1.54, 1.807) is 12.1 Å². The number of allylic oxidation sites excluding steroid dienone is 2. The number of aromatic carboxylic acids is 1. The summed E-state index contributed by atoms with van der Waals surface area (Å²) in [5.74, 6) is 2.79. The highest BCUT2D eigenvalue weighted by atomic mass is 16.4. The van der Waals surface area contributed by atoms with Crippen molar-refractivity contribution in [3.05, 3.63) is 41.5 Å². The van der Waals surface area contributed by atoms with E-state index in [1.807, 2.05) is 12.1 Å². The van der Waals surface area contributed by atoms with Gasteiger partial charge in [0.2, 0.25) is 5.91 Å². The van der Waals surface area contributed by atoms with E-state index >= 15 is 0 Å². The van der Waals surface area contributed by atoms with E-state index in [2.05, 4.69) is 51.3 Å². The van der Waals surface area contributed by atoms with Crippen LogP contribution in [-0.4, -0.2) is 36.6 Å². The van der Waals surface area contributed by atoms with Gasteiger partial charge in [0.25, 0.3) is 0 Å². The number of benzene rings is 1. The van der Waals surface area contributed by atoms with Crippen molar-refractivity contribution in [2.45, 2.75) is 98.8 Å². The Labute approximate surface area is 253 Å². The number of likely N-dealkylation sites (N-methyl/N-ethyl adjacent to an activating group) is 1. The van der Waals surface area contributed by atoms with Gasteiger partial charge >= 0.3 is 5.97 Å². The number of carbonyl (C=O) groups excluding carboxylic acids is 1. The lowest BCUT2D eigenvalue weighted by atomic mass is 9.36. The second-order valence-corrected chi connectivity index (χ2v) is 15.7. The minimum Gasteiger partial charge on any atom is -0.478 e. The van der Waals surface area contributed by atoms with Gasteiger partial charge in [-0.15, -0.1) is 0 Å². The maximum absolute atomic E-state index is 13.7. The molecule has 42 heavy (non-hydrogen) atoms. The van der Waals surface area contributed by atoms with Crippen molar-refractivity contribution in [1.82, 2.24) is 10.6 Å². The van der Waals surface area contributed by atoms with Gasteiger partial charge in [-0.3, -0.25) is 4.79 Å². The molecule has 0 spiro atoms. The normalized spacial score (nSPS) is 40.1. The zero-order chi connectivity index (χ0) is 29.9. The number of carboxylic acid groups (broad SMARTS) is 1. The van der Waals surface area contributed by atoms with E-state index in [1.165, 1.54) is 56.1 Å². The summed E-state index contributed by atoms with van der Waals surface area (Å²) in [6.45, 7) is 14.8. The van der Waals surface area contributed by atoms with Crippen LogP contribution in [0.3, 0.4) is 0 Å². The van der Waals surface area contributed by atoms with Crippen molar-refractivity contribution >= 4 is 17.4 Å². The monoisotopic (exact) mass is 574 g/mol. The molecule has 6 rings (SSSR count). The number of carboxylic acids is 1. The first-order valence-corrected chi connectivity index (χ1v) is 17.0. The number of carbonyl (C=O) groups is 2. The first-order valence-electron chi connectivity index (χ1n) is 17.0. The summed E-state index contributed by atoms with van der Waals surface area (Å²) in [7, 11) is 0. The van der Waals surface area contributed by atoms with Crippen molar-refractivity contribution in [2.24, 2.45) is 51.2 Å². The Kier molecular flexibility index (Phi) is 7.68. The van der Waals surface area contributed by atoms with Crippen molar-refractivity contribution in [1.29, 1.82) is 0 Å². The summed E-state index contributed by atoms with van der Waals surface area (Å²) in [6, 6.07) is 7.56. The second-order valence-electron chi connectivity index (χ2n) is 15.7. The number of fused-ring (bicyclic) bond motifs is 7. The van der Waals surface area contributed by atoms with Gasteiger partial charge in [0.05, 0.1) is 11.0 Å². The van der Waals surface area contributed by atoms with Crippen LogP contribution in [0.1, 0.15) is 115 Å². The summed E-state index contributed by atoms with van der Waals surface area (Å²) < 4.78 is 0. The highest BCUT2D eigenvalue weighted by Crippen LogP contribution is 2.73. The number of amides is 1. The zero-order valence-corrected chi connectivity index (χ0v) is 26.7. The standard InChI is InChI=1S/C37H54N2O3/c1-6-38-22-23-39-33(42)37-18-7-8-29(37)26-13-14-31-35(4,28(26)16-21-37)20-17-30-34(2,3)27(15-19-36(30,31)5)24-9-11-25(12-10-24)32(40)41/h9-12,15,26,28-31,38H,6-8,13-14,16-23H2,1-5H3,(H,39,42)(H,40,41). The van der Waals surface area contributed by atoms with Crippen molar-refractivity contribution in [3.63, 3.8) is 0 Å². The summed E-state index contributed by atoms with van der Waals surface area (Å²) in [5, 5.41) is 16.1. The van der Waals surface area contributed by atoms with Crippen molar-refractivity contribution < 1.29 is 14.7 Å². The van der Waals surface area contributed by atoms with Gasteiger partial charge in [0.15, 0.2) is 0 Å². The number of hydrogen-bond donors (Lipinski definition) is 3. The predicted molar refractivity (Wildman–Crippen MR) is 169 cm³/mol. The Morgan fingerprint density at radius 1 is 0.857 bits per heavy atom. The van der Waals surface area contributed by atoms with Crippen LogP contribution in [0.25, 0.3) is 5.57 Å². The fourth-order valence-electron chi connectivity index (χ4n) is 12.1. The quantitative estimate of drug-likeness (QED) is 0.294. The highest BCUT2D eigenvalue weighted by Gasteiger charge is 2.66. The molecule has 5 aliphatic carbocycles. The SMILES string of the molecule is CCNCCNC(=O)C12CCCC1C1CCC3C(C)(CCC4C(C)(C)C(c5ccc(C(=O)O)cc5)=CCC43C)C1CC2. The molecule has 1 aromatic rings. The van der Waals surface area contributed by atoms with E-state index < -0.39 is 5.97 Å². The molecular formula is C37H54N2O3. The average Bonchev–Trinajstić information content (AvgIpc) is 3.41. The summed E-state index contributed by atoms with van der Waals surface area (Å²) in [4.78, 5) is 25.2. The Bertz CT molecular complexity index is 1240. The van der Waals surface area contributed by atoms with Crippen LogP contribution in [0, 0.1) is 51.2 Å². The Hall–Kier alpha value is -2.14. The fraction of sp³-hybridized carbons (Fsp3) is 0.730. The number of hydrogen-bond acceptors (Lipinski definition) is 3. The maximum Gasteiger partial charge on any atom is 0.335 e. The lowest BCUT2D eigenvalue weighted by Crippen LogP contribution is -2.62. The molecule has 1 aromatic carbocycles. The van der Waals surface area contributed by atoms with Crippen LogP contribution in [-0.2, 0) is 4.79 Å². The van der Waals surface area contributed by atoms with E-state index in [0.29, 0.717) is 40.6 Å². The van der Waals surface area contributed by atoms with E-state index in [9.17, 15) is 14.7 Å². The van der Waals surface area contributed by atoms with Gasteiger partial charge in [-0.2, -0.15) is 0 Å². The van der Waals surface area contributed by atoms with Crippen LogP contribution in [0.15, 0.2) is 30.3 Å². The van der Waals surface area contributed by atoms with Crippen LogP contribution in [0.4, 0.5) is 0 Å². The van der Waals surface area contributed by atoms with Crippen molar-refractivity contribution in [2.75, 3.05) is 19.6 Å². The molecule has 0 aliphatic heterocycles. The summed E-state index contributed by atoms with van der Waals surface area (Å²) >= 11 is 0. The molecular weight excluding hydrogens is 520 g/mol. The average molecular weight is 575 g/mol. The molecule has 4 fully saturated rings. The number of rotatable bonds is 7. The van der Waals surface area contributed by atoms with Gasteiger partial charge in [-0.25, -0.2) is 4.79 Å². The Balaban J connectivity index is 1.24. The smallest absolute Gasteiger partial charge is 0.335 e. The molecule has 0 radical (unpaired) electrons. The molecule has 5 aliphatic rings. The van der Waals surface area contributed by atoms with Crippen LogP contribution in [0.5, 0.6) is 0 Å². The van der Waals surface area contributed by atoms with E-state index in [0.717, 1.165) is 44.8 Å². The van der Waals surface area contributed by atoms with E-state index in [4.69, 9.17) is 0 Å². The molecule has 230 valence electrons. The third-order valence-corrected chi connectivity index (χ3v) is 13.8. The van der Waals surface area contributed by atoms with Crippen molar-refractivity contribution in [3.8, 4) is 0 Å². The van der Waals surface area contributed by atoms with Gasteiger partial charge in [0, 0.05) is 13.1 Å². The highest BCUT2D eigenvalue weighted by molar-refractivity contribution is 5.88. The van der Waals surface area contributed by atoms with E-state index in [-0.39, 0.29) is 16.2 Å². The Morgan fingerprint density at radius 3 is 2.33 bits per heavy atom. The molecule has 1 amide bonds. The molecule has 8 atom stereocenters. The van der Waals surface area contributed by atoms with Crippen LogP contribution < -0.4 is 10.6 Å². The minimum absolute atomic E-state index is 0.0355. The first kappa shape index (κ1) is 29.9. The van der Waals surface area contributed by atoms with Crippen LogP contribution in [0.2, 0.25) is 0 Å². The summed E-state index contributed by atoms with van der Waals surface area (Å²) in [5.41, 5.74) is 3.44. The Morgan fingerprint density at radius 2 is 1.62 bits per heavy atom. The third-order valence-electron chi connectivity index (χ3n) is 13.8. The predicted octanol–water partition coefficient (Wildman–Crippen LogP) is 7.57. The summed E-state index contributed by atoms with van der Waals surface area (Å²) in [6.07, 6.45) is 14.6. The maximum atomic E-state index is 13.7. The molecule has 0 aromatic heterocycles. The van der Waals surface area contributed by atoms with Gasteiger partial charge in [0.1, 0.15) is 0 Å². The third kappa shape index (κ3) is 4.42.